The second-order valence-corrected chi connectivity index (χ2v) is 22.5. The first-order chi connectivity index (χ1) is 38.9. The molecule has 0 aromatic heterocycles. The summed E-state index contributed by atoms with van der Waals surface area (Å²) in [6, 6.07) is 11.8. The number of nitrogens with two attached hydrogens (primary N) is 3. The van der Waals surface area contributed by atoms with Crippen LogP contribution in [-0.4, -0.2) is 147 Å². The Hall–Kier alpha value is -7.91. The molecule has 1 unspecified atom stereocenters. The normalized spacial score (nSPS) is 20.6. The lowest BCUT2D eigenvalue weighted by Crippen LogP contribution is -2.62. The number of carbonyl (C=O) groups excluding carboxylic acids is 10. The van der Waals surface area contributed by atoms with E-state index in [2.05, 4.69) is 42.5 Å². The number of primary amides is 2. The molecule has 10 amide bonds. The van der Waals surface area contributed by atoms with Crippen molar-refractivity contribution in [3.05, 3.63) is 130 Å². The van der Waals surface area contributed by atoms with E-state index in [1.54, 1.807) is 24.3 Å². The molecule has 17 N–H and O–H groups in total. The van der Waals surface area contributed by atoms with E-state index in [9.17, 15) is 63.3 Å². The number of hydrogen-bond donors (Lipinski definition) is 14. The molecule has 4 aromatic carbocycles. The van der Waals surface area contributed by atoms with Gasteiger partial charge in [0.25, 0.3) is 0 Å². The summed E-state index contributed by atoms with van der Waals surface area (Å²) in [5.41, 5.74) is 19.7. The van der Waals surface area contributed by atoms with Crippen molar-refractivity contribution in [3.63, 3.8) is 0 Å². The summed E-state index contributed by atoms with van der Waals surface area (Å²) >= 11 is 6.07. The molecule has 0 bridgehead atoms. The van der Waals surface area contributed by atoms with Crippen LogP contribution in [-0.2, 0) is 68.8 Å². The van der Waals surface area contributed by atoms with Crippen LogP contribution in [0, 0.1) is 0 Å². The number of phenolic OH excluding ortho intramolecular Hbond substituents is 2. The van der Waals surface area contributed by atoms with Gasteiger partial charge in [-0.25, -0.2) is 0 Å². The number of benzene rings is 4. The van der Waals surface area contributed by atoms with E-state index >= 15 is 0 Å². The summed E-state index contributed by atoms with van der Waals surface area (Å²) in [4.78, 5) is 137. The monoisotopic (exact) mass is 1190 g/mol. The van der Waals surface area contributed by atoms with E-state index in [1.165, 1.54) is 86.6 Å². The Morgan fingerprint density at radius 2 is 1.15 bits per heavy atom. The van der Waals surface area contributed by atoms with Crippen molar-refractivity contribution in [2.75, 3.05) is 18.1 Å². The van der Waals surface area contributed by atoms with Gasteiger partial charge in [0.05, 0.1) is 12.1 Å². The molecule has 0 radical (unpaired) electrons. The number of aliphatic hydroxyl groups is 1. The van der Waals surface area contributed by atoms with Crippen LogP contribution in [0.15, 0.2) is 97.1 Å². The highest BCUT2D eigenvalue weighted by Gasteiger charge is 2.36. The fraction of sp³-hybridized carbons (Fsp3) is 0.382. The Bertz CT molecular complexity index is 2890. The Morgan fingerprint density at radius 3 is 1.70 bits per heavy atom. The molecule has 440 valence electrons. The maximum atomic E-state index is 14.8. The number of carbonyl (C=O) groups is 10. The Balaban J connectivity index is 1.58. The number of hydrogen-bond acceptors (Lipinski definition) is 16. The summed E-state index contributed by atoms with van der Waals surface area (Å²) in [6.07, 6.45) is -1.91. The van der Waals surface area contributed by atoms with Crippen LogP contribution in [0.3, 0.4) is 0 Å². The average molecular weight is 1190 g/mol. The number of amides is 10. The summed E-state index contributed by atoms with van der Waals surface area (Å²) in [7, 11) is 1.88. The predicted molar refractivity (Wildman–Crippen MR) is 307 cm³/mol. The van der Waals surface area contributed by atoms with Crippen molar-refractivity contribution < 1.29 is 63.3 Å². The van der Waals surface area contributed by atoms with Gasteiger partial charge in [-0.2, -0.15) is 0 Å². The van der Waals surface area contributed by atoms with E-state index in [4.69, 9.17) is 28.8 Å². The van der Waals surface area contributed by atoms with Gasteiger partial charge in [0, 0.05) is 54.8 Å². The Labute approximate surface area is 485 Å². The minimum Gasteiger partial charge on any atom is -0.508 e. The second kappa shape index (κ2) is 31.9. The molecule has 27 heteroatoms. The number of unbranched alkanes of at least 4 members (excludes halogenated alkanes) is 1. The molecule has 4 aromatic rings. The lowest BCUT2D eigenvalue weighted by molar-refractivity contribution is -0.136. The quantitative estimate of drug-likeness (QED) is 0.0388. The molecule has 1 heterocycles. The summed E-state index contributed by atoms with van der Waals surface area (Å²) < 4.78 is 0. The molecule has 82 heavy (non-hydrogen) atoms. The van der Waals surface area contributed by atoms with Gasteiger partial charge >= 0.3 is 0 Å². The zero-order valence-corrected chi connectivity index (χ0v) is 47.2. The van der Waals surface area contributed by atoms with Crippen LogP contribution in [0.25, 0.3) is 0 Å². The van der Waals surface area contributed by atoms with Crippen LogP contribution < -0.4 is 59.7 Å². The van der Waals surface area contributed by atoms with Crippen LogP contribution >= 0.6 is 33.2 Å². The van der Waals surface area contributed by atoms with Crippen molar-refractivity contribution in [1.82, 2.24) is 42.5 Å². The SMILES string of the molecule is CC(=O)NCCCC[C@@H]1NC(=O)[C@@H](Cc2ccc(C(N)=O)cc2)NC(=O)[C@H](Cc2ccc(O)cc2)NC(=O)[C@H](NC(=O)[C@@H](N)Cc2ccc(Cl)cc2)CSSC[C@@H](C(=O)NC(Cc2ccc(O)cc2)C(N)=O)NC(=O)[C@H]([C@@H](C)O)NC1=O. The van der Waals surface area contributed by atoms with Crippen molar-refractivity contribution >= 4 is 92.3 Å². The first kappa shape index (κ1) is 64.9. The highest BCUT2D eigenvalue weighted by molar-refractivity contribution is 8.76. The van der Waals surface area contributed by atoms with Crippen molar-refractivity contribution in [2.24, 2.45) is 17.2 Å². The van der Waals surface area contributed by atoms with E-state index in [0.717, 1.165) is 21.6 Å². The molecule has 0 spiro atoms. The second-order valence-electron chi connectivity index (χ2n) is 19.5. The number of rotatable bonds is 20. The van der Waals surface area contributed by atoms with Gasteiger partial charge in [-0.1, -0.05) is 81.7 Å². The minimum absolute atomic E-state index is 0.0151. The van der Waals surface area contributed by atoms with Gasteiger partial charge in [-0.3, -0.25) is 47.9 Å². The highest BCUT2D eigenvalue weighted by atomic mass is 35.5. The molecule has 0 saturated carbocycles. The van der Waals surface area contributed by atoms with Crippen molar-refractivity contribution in [1.29, 1.82) is 0 Å². The fourth-order valence-electron chi connectivity index (χ4n) is 8.28. The third-order valence-corrected chi connectivity index (χ3v) is 15.5. The van der Waals surface area contributed by atoms with Crippen LogP contribution in [0.2, 0.25) is 5.02 Å². The first-order valence-electron chi connectivity index (χ1n) is 26.0. The molecular weight excluding hydrogens is 1120 g/mol. The molecule has 1 aliphatic rings. The predicted octanol–water partition coefficient (Wildman–Crippen LogP) is -0.591. The van der Waals surface area contributed by atoms with Gasteiger partial charge in [0.1, 0.15) is 53.8 Å². The first-order valence-corrected chi connectivity index (χ1v) is 28.9. The lowest BCUT2D eigenvalue weighted by atomic mass is 10.00. The largest absolute Gasteiger partial charge is 0.508 e. The number of aliphatic hydroxyl groups excluding tert-OH is 1. The zero-order valence-electron chi connectivity index (χ0n) is 44.9. The van der Waals surface area contributed by atoms with E-state index in [-0.39, 0.29) is 79.5 Å². The van der Waals surface area contributed by atoms with Crippen LogP contribution in [0.4, 0.5) is 0 Å². The fourth-order valence-corrected chi connectivity index (χ4v) is 10.7. The van der Waals surface area contributed by atoms with Crippen LogP contribution in [0.1, 0.15) is 65.7 Å². The molecule has 0 aliphatic carbocycles. The van der Waals surface area contributed by atoms with Gasteiger partial charge in [-0.05, 0) is 103 Å². The maximum absolute atomic E-state index is 14.8. The topological polar surface area (TPSA) is 406 Å². The molecule has 5 rings (SSSR count). The number of nitrogens with one attached hydrogen (secondary N) is 8. The highest BCUT2D eigenvalue weighted by Crippen LogP contribution is 2.24. The molecule has 24 nitrogen and oxygen atoms in total. The lowest BCUT2D eigenvalue weighted by Gasteiger charge is -2.29. The smallest absolute Gasteiger partial charge is 0.248 e. The summed E-state index contributed by atoms with van der Waals surface area (Å²) in [5, 5.41) is 52.4. The number of aromatic hydroxyl groups is 2. The minimum atomic E-state index is -1.80. The average Bonchev–Trinajstić information content (AvgIpc) is 3.54. The number of phenols is 2. The third kappa shape index (κ3) is 21.2. The van der Waals surface area contributed by atoms with E-state index in [0.29, 0.717) is 33.7 Å². The van der Waals surface area contributed by atoms with E-state index < -0.39 is 108 Å². The van der Waals surface area contributed by atoms with Crippen molar-refractivity contribution in [2.45, 2.75) is 113 Å². The molecule has 1 saturated heterocycles. The maximum Gasteiger partial charge on any atom is 0.248 e. The van der Waals surface area contributed by atoms with Crippen LogP contribution in [0.5, 0.6) is 11.5 Å². The standard InChI is InChI=1S/C55H68ClN11O13S2/c1-29(68)46-55(80)66-45(53(78)62-41(48(59)73)24-33-10-18-37(70)19-11-33)28-82-81-27-44(65-49(74)39(57)23-31-8-16-36(56)17-9-31)54(79)64-43(26-34-12-20-38(71)21-13-34)52(77)63-42(25-32-6-14-35(15-7-32)47(58)72)51(76)61-40(50(75)67-46)5-3-4-22-60-30(2)69/h6-21,29,39-46,68,70-71H,3-5,22-28,57H2,1-2H3,(H2,58,72)(H2,59,73)(H,60,69)(H,61,76)(H,62,78)(H,63,77)(H,64,79)(H,65,74)(H,66,80)(H,67,75)/t29-,39+,40+,41?,42-,43+,44-,45+,46+/m1/s1. The number of halogens is 1. The summed E-state index contributed by atoms with van der Waals surface area (Å²) in [6.45, 7) is 2.70. The van der Waals surface area contributed by atoms with E-state index in [1.807, 2.05) is 0 Å². The third-order valence-electron chi connectivity index (χ3n) is 12.9. The van der Waals surface area contributed by atoms with Gasteiger partial charge in [0.2, 0.25) is 59.1 Å². The summed E-state index contributed by atoms with van der Waals surface area (Å²) in [5.74, 6) is -9.34. The zero-order chi connectivity index (χ0) is 60.0. The molecular formula is C55H68ClN11O13S2. The van der Waals surface area contributed by atoms with Crippen molar-refractivity contribution in [3.8, 4) is 11.5 Å². The molecule has 9 atom stereocenters. The molecule has 1 fully saturated rings. The Morgan fingerprint density at radius 1 is 0.646 bits per heavy atom. The van der Waals surface area contributed by atoms with Gasteiger partial charge in [-0.15, -0.1) is 0 Å². The molecule has 1 aliphatic heterocycles. The van der Waals surface area contributed by atoms with Gasteiger partial charge < -0.3 is 75.1 Å². The van der Waals surface area contributed by atoms with Gasteiger partial charge in [0.15, 0.2) is 0 Å². The Kier molecular flexibility index (Phi) is 25.3.